The third-order valence-electron chi connectivity index (χ3n) is 3.23. The van der Waals surface area contributed by atoms with Gasteiger partial charge in [-0.1, -0.05) is 6.07 Å². The highest BCUT2D eigenvalue weighted by Crippen LogP contribution is 2.37. The van der Waals surface area contributed by atoms with Crippen molar-refractivity contribution in [1.82, 2.24) is 0 Å². The van der Waals surface area contributed by atoms with Crippen LogP contribution in [0.1, 0.15) is 11.1 Å². The van der Waals surface area contributed by atoms with Crippen LogP contribution in [0.3, 0.4) is 0 Å². The third kappa shape index (κ3) is 3.23. The lowest BCUT2D eigenvalue weighted by molar-refractivity contribution is -0.137. The highest BCUT2D eigenvalue weighted by molar-refractivity contribution is 5.56. The maximum absolute atomic E-state index is 13.1. The minimum absolute atomic E-state index is 0.0523. The van der Waals surface area contributed by atoms with Crippen LogP contribution in [0.15, 0.2) is 18.2 Å². The summed E-state index contributed by atoms with van der Waals surface area (Å²) in [6, 6.07) is 3.78. The standard InChI is InChI=1S/C13H16F3NO3/c14-13(15,16)11-5-9(7-18)1-2-12(11)17-3-4-20-10(6-17)8-19/h1-2,5,10,18-19H,3-4,6-8H2. The zero-order valence-electron chi connectivity index (χ0n) is 10.7. The molecule has 1 fully saturated rings. The van der Waals surface area contributed by atoms with Crippen LogP contribution >= 0.6 is 0 Å². The second-order valence-electron chi connectivity index (χ2n) is 4.63. The van der Waals surface area contributed by atoms with Gasteiger partial charge >= 0.3 is 6.18 Å². The Bertz CT molecular complexity index is 465. The summed E-state index contributed by atoms with van der Waals surface area (Å²) >= 11 is 0. The van der Waals surface area contributed by atoms with Crippen LogP contribution in [0.4, 0.5) is 18.9 Å². The summed E-state index contributed by atoms with van der Waals surface area (Å²) in [6.45, 7) is 0.138. The molecule has 1 aliphatic heterocycles. The zero-order chi connectivity index (χ0) is 14.8. The number of alkyl halides is 3. The van der Waals surface area contributed by atoms with E-state index in [1.54, 1.807) is 4.90 Å². The van der Waals surface area contributed by atoms with E-state index in [9.17, 15) is 13.2 Å². The Balaban J connectivity index is 2.35. The fraction of sp³-hybridized carbons (Fsp3) is 0.538. The van der Waals surface area contributed by atoms with Gasteiger partial charge in [-0.3, -0.25) is 0 Å². The van der Waals surface area contributed by atoms with Crippen molar-refractivity contribution in [2.24, 2.45) is 0 Å². The first-order chi connectivity index (χ1) is 9.45. The van der Waals surface area contributed by atoms with Crippen molar-refractivity contribution >= 4 is 5.69 Å². The molecular weight excluding hydrogens is 275 g/mol. The Morgan fingerprint density at radius 3 is 2.65 bits per heavy atom. The molecule has 1 atom stereocenters. The van der Waals surface area contributed by atoms with E-state index in [1.807, 2.05) is 0 Å². The van der Waals surface area contributed by atoms with Gasteiger partial charge in [0.15, 0.2) is 0 Å². The summed E-state index contributed by atoms with van der Waals surface area (Å²) in [5, 5.41) is 18.0. The number of morpholine rings is 1. The minimum atomic E-state index is -4.49. The summed E-state index contributed by atoms with van der Waals surface area (Å²) in [7, 11) is 0. The van der Waals surface area contributed by atoms with E-state index < -0.39 is 24.5 Å². The van der Waals surface area contributed by atoms with Gasteiger partial charge in [0.2, 0.25) is 0 Å². The molecule has 0 radical (unpaired) electrons. The van der Waals surface area contributed by atoms with Crippen LogP contribution < -0.4 is 4.90 Å². The molecule has 1 saturated heterocycles. The predicted molar refractivity (Wildman–Crippen MR) is 66.4 cm³/mol. The number of ether oxygens (including phenoxy) is 1. The molecule has 0 spiro atoms. The van der Waals surface area contributed by atoms with E-state index in [0.717, 1.165) is 6.07 Å². The average Bonchev–Trinajstić information content (AvgIpc) is 2.45. The number of hydrogen-bond acceptors (Lipinski definition) is 4. The lowest BCUT2D eigenvalue weighted by Gasteiger charge is -2.35. The number of halogens is 3. The highest BCUT2D eigenvalue weighted by Gasteiger charge is 2.36. The van der Waals surface area contributed by atoms with Crippen molar-refractivity contribution in [3.63, 3.8) is 0 Å². The number of anilines is 1. The Kier molecular flexibility index (Phi) is 4.52. The monoisotopic (exact) mass is 291 g/mol. The molecule has 0 saturated carbocycles. The quantitative estimate of drug-likeness (QED) is 0.884. The Morgan fingerprint density at radius 2 is 2.05 bits per heavy atom. The van der Waals surface area contributed by atoms with E-state index in [-0.39, 0.29) is 31.0 Å². The highest BCUT2D eigenvalue weighted by atomic mass is 19.4. The molecule has 1 aromatic rings. The lowest BCUT2D eigenvalue weighted by Crippen LogP contribution is -2.44. The van der Waals surface area contributed by atoms with Crippen LogP contribution in [-0.4, -0.2) is 42.6 Å². The van der Waals surface area contributed by atoms with Crippen LogP contribution in [0.2, 0.25) is 0 Å². The molecule has 4 nitrogen and oxygen atoms in total. The molecule has 0 aromatic heterocycles. The number of benzene rings is 1. The van der Waals surface area contributed by atoms with Crippen molar-refractivity contribution in [3.8, 4) is 0 Å². The smallest absolute Gasteiger partial charge is 0.394 e. The minimum Gasteiger partial charge on any atom is -0.394 e. The predicted octanol–water partition coefficient (Wildman–Crippen LogP) is 1.40. The molecule has 1 aliphatic rings. The molecular formula is C13H16F3NO3. The van der Waals surface area contributed by atoms with Gasteiger partial charge in [0, 0.05) is 18.8 Å². The van der Waals surface area contributed by atoms with Crippen molar-refractivity contribution in [1.29, 1.82) is 0 Å². The molecule has 0 aliphatic carbocycles. The van der Waals surface area contributed by atoms with Crippen LogP contribution in [0, 0.1) is 0 Å². The van der Waals surface area contributed by atoms with Gasteiger partial charge in [0.05, 0.1) is 31.5 Å². The number of nitrogens with zero attached hydrogens (tertiary/aromatic N) is 1. The molecule has 7 heteroatoms. The Labute approximate surface area is 114 Å². The summed E-state index contributed by atoms with van der Waals surface area (Å²) in [6.07, 6.45) is -4.98. The maximum Gasteiger partial charge on any atom is 0.418 e. The fourth-order valence-electron chi connectivity index (χ4n) is 2.23. The number of aliphatic hydroxyl groups is 2. The topological polar surface area (TPSA) is 52.9 Å². The van der Waals surface area contributed by atoms with Crippen molar-refractivity contribution < 1.29 is 28.1 Å². The van der Waals surface area contributed by atoms with Crippen LogP contribution in [-0.2, 0) is 17.5 Å². The largest absolute Gasteiger partial charge is 0.418 e. The first-order valence-electron chi connectivity index (χ1n) is 6.24. The fourth-order valence-corrected chi connectivity index (χ4v) is 2.23. The lowest BCUT2D eigenvalue weighted by atomic mass is 10.1. The molecule has 1 heterocycles. The third-order valence-corrected chi connectivity index (χ3v) is 3.23. The SMILES string of the molecule is OCc1ccc(N2CCOC(CO)C2)c(C(F)(F)F)c1. The molecule has 0 amide bonds. The number of hydrogen-bond donors (Lipinski definition) is 2. The Hall–Kier alpha value is -1.31. The molecule has 1 aromatic carbocycles. The van der Waals surface area contributed by atoms with Crippen molar-refractivity contribution in [3.05, 3.63) is 29.3 Å². The van der Waals surface area contributed by atoms with E-state index in [2.05, 4.69) is 0 Å². The van der Waals surface area contributed by atoms with E-state index in [1.165, 1.54) is 12.1 Å². The van der Waals surface area contributed by atoms with E-state index in [0.29, 0.717) is 6.54 Å². The van der Waals surface area contributed by atoms with Crippen molar-refractivity contribution in [2.45, 2.75) is 18.9 Å². The van der Waals surface area contributed by atoms with Gasteiger partial charge in [-0.05, 0) is 17.7 Å². The number of aliphatic hydroxyl groups excluding tert-OH is 2. The van der Waals surface area contributed by atoms with Crippen LogP contribution in [0.5, 0.6) is 0 Å². The molecule has 20 heavy (non-hydrogen) atoms. The number of rotatable bonds is 3. The van der Waals surface area contributed by atoms with Gasteiger partial charge in [0.1, 0.15) is 0 Å². The second kappa shape index (κ2) is 5.99. The van der Waals surface area contributed by atoms with Gasteiger partial charge in [-0.25, -0.2) is 0 Å². The molecule has 1 unspecified atom stereocenters. The zero-order valence-corrected chi connectivity index (χ0v) is 10.7. The van der Waals surface area contributed by atoms with Gasteiger partial charge in [-0.2, -0.15) is 13.2 Å². The normalized spacial score (nSPS) is 20.2. The summed E-state index contributed by atoms with van der Waals surface area (Å²) in [5.74, 6) is 0. The average molecular weight is 291 g/mol. The molecule has 2 rings (SSSR count). The van der Waals surface area contributed by atoms with Gasteiger partial charge < -0.3 is 19.8 Å². The second-order valence-corrected chi connectivity index (χ2v) is 4.63. The first-order valence-corrected chi connectivity index (χ1v) is 6.24. The summed E-state index contributed by atoms with van der Waals surface area (Å²) < 4.78 is 44.6. The molecule has 2 N–H and O–H groups in total. The van der Waals surface area contributed by atoms with Gasteiger partial charge in [0.25, 0.3) is 0 Å². The van der Waals surface area contributed by atoms with Gasteiger partial charge in [-0.15, -0.1) is 0 Å². The van der Waals surface area contributed by atoms with E-state index >= 15 is 0 Å². The van der Waals surface area contributed by atoms with Crippen molar-refractivity contribution in [2.75, 3.05) is 31.2 Å². The summed E-state index contributed by atoms with van der Waals surface area (Å²) in [4.78, 5) is 1.55. The van der Waals surface area contributed by atoms with Crippen LogP contribution in [0.25, 0.3) is 0 Å². The molecule has 112 valence electrons. The molecule has 0 bridgehead atoms. The Morgan fingerprint density at radius 1 is 1.30 bits per heavy atom. The summed E-state index contributed by atoms with van der Waals surface area (Å²) in [5.41, 5.74) is -0.507. The maximum atomic E-state index is 13.1. The van der Waals surface area contributed by atoms with E-state index in [4.69, 9.17) is 14.9 Å². The first kappa shape index (κ1) is 15.1.